The molecule has 3 aromatic carbocycles. The number of rotatable bonds is 20. The van der Waals surface area contributed by atoms with E-state index in [1.54, 1.807) is 0 Å². The maximum absolute atomic E-state index is 12.6. The summed E-state index contributed by atoms with van der Waals surface area (Å²) in [6.45, 7) is -0.425. The first kappa shape index (κ1) is 34.8. The summed E-state index contributed by atoms with van der Waals surface area (Å²) in [5.74, 6) is 0. The first-order chi connectivity index (χ1) is 20.5. The van der Waals surface area contributed by atoms with Crippen molar-refractivity contribution >= 4 is 20.2 Å². The fraction of sp³-hybridized carbons (Fsp3) is 0.419. The van der Waals surface area contributed by atoms with Crippen LogP contribution in [0.5, 0.6) is 0 Å². The van der Waals surface area contributed by atoms with Crippen LogP contribution in [-0.2, 0) is 62.6 Å². The molecule has 0 radical (unpaired) electrons. The molecule has 0 unspecified atom stereocenters. The summed E-state index contributed by atoms with van der Waals surface area (Å²) in [5, 5.41) is 9.64. The normalized spacial score (nSPS) is 15.0. The molecule has 4 atom stereocenters. The van der Waals surface area contributed by atoms with Crippen LogP contribution >= 0.6 is 0 Å². The number of aliphatic hydroxyl groups excluding tert-OH is 1. The highest BCUT2D eigenvalue weighted by molar-refractivity contribution is 7.86. The van der Waals surface area contributed by atoms with Gasteiger partial charge in [-0.25, -0.2) is 0 Å². The molecule has 12 heteroatoms. The summed E-state index contributed by atoms with van der Waals surface area (Å²) in [7, 11) is -7.99. The number of aliphatic hydroxyl groups is 1. The topological polar surface area (TPSA) is 135 Å². The number of ether oxygens (including phenoxy) is 3. The lowest BCUT2D eigenvalue weighted by molar-refractivity contribution is -0.167. The highest BCUT2D eigenvalue weighted by atomic mass is 32.2. The fourth-order valence-corrected chi connectivity index (χ4v) is 5.35. The Balaban J connectivity index is 2.03. The molecular formula is C31H40O10S2. The van der Waals surface area contributed by atoms with Gasteiger partial charge in [0.15, 0.2) is 0 Å². The van der Waals surface area contributed by atoms with Gasteiger partial charge in [0, 0.05) is 6.61 Å². The third-order valence-corrected chi connectivity index (χ3v) is 7.47. The molecule has 0 saturated carbocycles. The molecule has 1 N–H and O–H groups in total. The summed E-state index contributed by atoms with van der Waals surface area (Å²) in [5.41, 5.74) is 2.42. The Morgan fingerprint density at radius 1 is 0.605 bits per heavy atom. The van der Waals surface area contributed by atoms with Crippen LogP contribution in [0.1, 0.15) is 29.5 Å². The average Bonchev–Trinajstić information content (AvgIpc) is 2.98. The number of hydrogen-bond donors (Lipinski definition) is 1. The Labute approximate surface area is 254 Å². The van der Waals surface area contributed by atoms with Crippen LogP contribution in [0.15, 0.2) is 91.0 Å². The van der Waals surface area contributed by atoms with Gasteiger partial charge in [0.1, 0.15) is 18.3 Å². The SMILES string of the molecule is CS(=O)(=O)OC[C@H](OCc1ccccc1)[C@@H](OCc1ccccc1)[C@H](OS(C)(=O)=O)[C@@H](CCCO)OCc1ccccc1. The van der Waals surface area contributed by atoms with Crippen LogP contribution in [0.25, 0.3) is 0 Å². The Kier molecular flexibility index (Phi) is 14.2. The van der Waals surface area contributed by atoms with Gasteiger partial charge in [-0.15, -0.1) is 0 Å². The molecule has 10 nitrogen and oxygen atoms in total. The van der Waals surface area contributed by atoms with Crippen molar-refractivity contribution in [1.29, 1.82) is 0 Å². The van der Waals surface area contributed by atoms with Crippen molar-refractivity contribution in [3.8, 4) is 0 Å². The van der Waals surface area contributed by atoms with Gasteiger partial charge in [-0.1, -0.05) is 91.0 Å². The summed E-state index contributed by atoms with van der Waals surface area (Å²) < 4.78 is 79.0. The molecule has 0 aliphatic heterocycles. The zero-order valence-electron chi connectivity index (χ0n) is 24.4. The van der Waals surface area contributed by atoms with Gasteiger partial charge >= 0.3 is 0 Å². The van der Waals surface area contributed by atoms with Crippen LogP contribution in [-0.4, -0.2) is 72.1 Å². The van der Waals surface area contributed by atoms with Crippen LogP contribution in [0.4, 0.5) is 0 Å². The lowest BCUT2D eigenvalue weighted by Crippen LogP contribution is -2.51. The minimum Gasteiger partial charge on any atom is -0.396 e. The third-order valence-electron chi connectivity index (χ3n) is 6.33. The van der Waals surface area contributed by atoms with Crippen molar-refractivity contribution in [3.05, 3.63) is 108 Å². The van der Waals surface area contributed by atoms with Gasteiger partial charge < -0.3 is 19.3 Å². The summed E-state index contributed by atoms with van der Waals surface area (Å²) in [4.78, 5) is 0. The number of benzene rings is 3. The van der Waals surface area contributed by atoms with Crippen molar-refractivity contribution in [3.63, 3.8) is 0 Å². The minimum atomic E-state index is -4.09. The Morgan fingerprint density at radius 3 is 1.47 bits per heavy atom. The van der Waals surface area contributed by atoms with E-state index in [-0.39, 0.29) is 39.3 Å². The second-order valence-corrected chi connectivity index (χ2v) is 13.3. The van der Waals surface area contributed by atoms with E-state index in [1.807, 2.05) is 91.0 Å². The molecule has 236 valence electrons. The van der Waals surface area contributed by atoms with Crippen LogP contribution in [0.3, 0.4) is 0 Å². The molecule has 3 aromatic rings. The lowest BCUT2D eigenvalue weighted by Gasteiger charge is -2.36. The molecule has 0 aromatic heterocycles. The van der Waals surface area contributed by atoms with Crippen molar-refractivity contribution < 1.29 is 44.5 Å². The Hall–Kier alpha value is -2.68. The van der Waals surface area contributed by atoms with Gasteiger partial charge in [-0.05, 0) is 29.5 Å². The second-order valence-electron chi connectivity index (χ2n) is 10.1. The van der Waals surface area contributed by atoms with Crippen LogP contribution in [0.2, 0.25) is 0 Å². The molecule has 0 saturated heterocycles. The highest BCUT2D eigenvalue weighted by Crippen LogP contribution is 2.26. The molecular weight excluding hydrogens is 596 g/mol. The summed E-state index contributed by atoms with van der Waals surface area (Å²) >= 11 is 0. The largest absolute Gasteiger partial charge is 0.396 e. The van der Waals surface area contributed by atoms with Crippen molar-refractivity contribution in [2.24, 2.45) is 0 Å². The molecule has 0 amide bonds. The van der Waals surface area contributed by atoms with E-state index < -0.39 is 51.3 Å². The van der Waals surface area contributed by atoms with Crippen LogP contribution < -0.4 is 0 Å². The van der Waals surface area contributed by atoms with E-state index in [2.05, 4.69) is 0 Å². The standard InChI is InChI=1S/C31H40O10S2/c1-42(33,34)40-24-29(38-22-26-15-8-4-9-16-26)30(39-23-27-17-10-5-11-18-27)31(41-43(2,35)36)28(19-12-20-32)37-21-25-13-6-3-7-14-25/h3-11,13-18,28-32H,12,19-24H2,1-2H3/t28-,29+,30-,31-/m1/s1. The monoisotopic (exact) mass is 636 g/mol. The average molecular weight is 637 g/mol. The van der Waals surface area contributed by atoms with Crippen molar-refractivity contribution in [2.75, 3.05) is 25.7 Å². The maximum Gasteiger partial charge on any atom is 0.264 e. The van der Waals surface area contributed by atoms with E-state index in [4.69, 9.17) is 22.6 Å². The number of hydrogen-bond acceptors (Lipinski definition) is 10. The second kappa shape index (κ2) is 17.6. The van der Waals surface area contributed by atoms with E-state index in [0.29, 0.717) is 0 Å². The maximum atomic E-state index is 12.6. The lowest BCUT2D eigenvalue weighted by atomic mass is 9.99. The summed E-state index contributed by atoms with van der Waals surface area (Å²) in [6, 6.07) is 27.7. The molecule has 0 spiro atoms. The van der Waals surface area contributed by atoms with Gasteiger partial charge in [0.25, 0.3) is 20.2 Å². The van der Waals surface area contributed by atoms with E-state index >= 15 is 0 Å². The molecule has 0 aliphatic rings. The minimum absolute atomic E-state index is 0.0323. The first-order valence-electron chi connectivity index (χ1n) is 13.8. The quantitative estimate of drug-likeness (QED) is 0.182. The smallest absolute Gasteiger partial charge is 0.264 e. The zero-order chi connectivity index (χ0) is 31.1. The van der Waals surface area contributed by atoms with Crippen molar-refractivity contribution in [1.82, 2.24) is 0 Å². The molecule has 0 bridgehead atoms. The van der Waals surface area contributed by atoms with E-state index in [1.165, 1.54) is 0 Å². The van der Waals surface area contributed by atoms with Crippen molar-refractivity contribution in [2.45, 2.75) is 57.1 Å². The molecule has 3 rings (SSSR count). The molecule has 0 heterocycles. The predicted molar refractivity (Wildman–Crippen MR) is 162 cm³/mol. The van der Waals surface area contributed by atoms with Gasteiger partial charge in [0.05, 0.1) is 45.0 Å². The Bertz CT molecular complexity index is 1400. The summed E-state index contributed by atoms with van der Waals surface area (Å²) in [6.07, 6.45) is -2.15. The van der Waals surface area contributed by atoms with Gasteiger partial charge in [-0.3, -0.25) is 8.37 Å². The van der Waals surface area contributed by atoms with E-state index in [9.17, 15) is 21.9 Å². The Morgan fingerprint density at radius 2 is 1.05 bits per heavy atom. The van der Waals surface area contributed by atoms with Gasteiger partial charge in [0.2, 0.25) is 0 Å². The highest BCUT2D eigenvalue weighted by Gasteiger charge is 2.41. The zero-order valence-corrected chi connectivity index (χ0v) is 26.0. The molecule has 43 heavy (non-hydrogen) atoms. The molecule has 0 fully saturated rings. The first-order valence-corrected chi connectivity index (χ1v) is 17.5. The van der Waals surface area contributed by atoms with Crippen LogP contribution in [0, 0.1) is 0 Å². The fourth-order valence-electron chi connectivity index (χ4n) is 4.33. The third kappa shape index (κ3) is 13.7. The predicted octanol–water partition coefficient (Wildman–Crippen LogP) is 3.84. The van der Waals surface area contributed by atoms with E-state index in [0.717, 1.165) is 29.2 Å². The van der Waals surface area contributed by atoms with Gasteiger partial charge in [-0.2, -0.15) is 16.8 Å². The molecule has 0 aliphatic carbocycles.